The summed E-state index contributed by atoms with van der Waals surface area (Å²) in [6, 6.07) is 21.1. The summed E-state index contributed by atoms with van der Waals surface area (Å²) in [5.41, 5.74) is 5.21. The number of carbonyl (C=O) groups excluding carboxylic acids is 8. The molecule has 39 heteroatoms. The predicted octanol–water partition coefficient (Wildman–Crippen LogP) is 10.5. The Kier molecular flexibility index (Phi) is 43.1. The molecule has 750 valence electrons. The Morgan fingerprint density at radius 3 is 1.71 bits per heavy atom. The van der Waals surface area contributed by atoms with Gasteiger partial charge in [0.1, 0.15) is 49.4 Å². The van der Waals surface area contributed by atoms with Gasteiger partial charge in [0, 0.05) is 66.8 Å². The molecule has 4 heterocycles. The number of pyridine rings is 1. The molecule has 5 aliphatic rings. The van der Waals surface area contributed by atoms with E-state index in [0.29, 0.717) is 204 Å². The number of alkyl carbamates (subject to hydrolysis) is 2. The first-order valence-corrected chi connectivity index (χ1v) is 48.0. The van der Waals surface area contributed by atoms with Gasteiger partial charge in [0.2, 0.25) is 23.6 Å². The van der Waals surface area contributed by atoms with Crippen LogP contribution in [0.5, 0.6) is 0 Å². The summed E-state index contributed by atoms with van der Waals surface area (Å²) in [5, 5.41) is 38.2. The van der Waals surface area contributed by atoms with E-state index in [-0.39, 0.29) is 104 Å². The van der Waals surface area contributed by atoms with Crippen molar-refractivity contribution in [1.29, 1.82) is 0 Å². The number of thiazole rings is 1. The van der Waals surface area contributed by atoms with Crippen molar-refractivity contribution >= 4 is 92.0 Å². The molecular weight excluding hydrogens is 1780 g/mol. The second-order valence-corrected chi connectivity index (χ2v) is 38.3. The second-order valence-electron chi connectivity index (χ2n) is 37.2. The third kappa shape index (κ3) is 35.7. The van der Waals surface area contributed by atoms with E-state index in [1.807, 2.05) is 85.0 Å². The van der Waals surface area contributed by atoms with Crippen molar-refractivity contribution < 1.29 is 119 Å². The Morgan fingerprint density at radius 2 is 1.13 bits per heavy atom. The molecule has 4 bridgehead atoms. The first kappa shape index (κ1) is 108. The van der Waals surface area contributed by atoms with E-state index in [1.54, 1.807) is 65.1 Å². The number of rotatable bonds is 62. The van der Waals surface area contributed by atoms with Crippen molar-refractivity contribution in [2.24, 2.45) is 22.2 Å². The van der Waals surface area contributed by atoms with E-state index in [2.05, 4.69) is 61.4 Å². The zero-order valence-corrected chi connectivity index (χ0v) is 81.5. The number of carbonyl (C=O) groups is 9. The molecule has 4 fully saturated rings. The summed E-state index contributed by atoms with van der Waals surface area (Å²) in [7, 11) is 0. The number of hydrogen-bond donors (Lipinski definition) is 9. The van der Waals surface area contributed by atoms with Crippen molar-refractivity contribution in [2.45, 2.75) is 195 Å². The van der Waals surface area contributed by atoms with Crippen LogP contribution in [-0.4, -0.2) is 292 Å². The van der Waals surface area contributed by atoms with Gasteiger partial charge in [0.25, 0.3) is 5.91 Å². The lowest BCUT2D eigenvalue weighted by Crippen LogP contribution is -2.64. The van der Waals surface area contributed by atoms with Gasteiger partial charge in [-0.1, -0.05) is 75.4 Å². The lowest BCUT2D eigenvalue weighted by molar-refractivity contribution is -0.247. The van der Waals surface area contributed by atoms with E-state index < -0.39 is 65.4 Å². The minimum atomic E-state index is -1.14. The number of amides is 8. The van der Waals surface area contributed by atoms with Crippen LogP contribution in [0.3, 0.4) is 0 Å². The second kappa shape index (κ2) is 54.3. The molecule has 2 unspecified atom stereocenters. The highest BCUT2D eigenvalue weighted by molar-refractivity contribution is 7.22. The molecule has 0 spiro atoms. The molecular formula is C97H141N13O25S. The van der Waals surface area contributed by atoms with E-state index in [0.717, 1.165) is 71.1 Å². The first-order valence-electron chi connectivity index (χ1n) is 47.2. The molecule has 3 aromatic heterocycles. The van der Waals surface area contributed by atoms with Crippen molar-refractivity contribution in [3.05, 3.63) is 119 Å². The molecule has 5 atom stereocenters. The van der Waals surface area contributed by atoms with Gasteiger partial charge in [-0.25, -0.2) is 29.1 Å². The maximum absolute atomic E-state index is 13.8. The SMILES string of the molecule is Cc1c(-c2ccc(N3CCc4cccc(C(=O)Nc5nc6ccccc6s5)c4C3)nc2C(=O)O)cnn1CC12CC3(C)CC(C)(C1)CC(OCCNC(=O)OCc1ccc(NC(=O)OCCOCCOCCOCCOCCOCCOCCOCCOCCOCCOCCOCC(=O)NCCCC[C@H](NC(=O)OC(C)(C)C)C(=O)N[C@@H](C)C(=O)N[C@H](C(=O)NC(C)C)C(C)C)cc1)(C3)C2. The lowest BCUT2D eigenvalue weighted by atomic mass is 9.39. The Bertz CT molecular complexity index is 4770. The fourth-order valence-corrected chi connectivity index (χ4v) is 19.3. The van der Waals surface area contributed by atoms with Crippen LogP contribution < -0.4 is 47.4 Å². The smallest absolute Gasteiger partial charge is 0.411 e. The van der Waals surface area contributed by atoms with E-state index in [4.69, 9.17) is 81.1 Å². The molecule has 9 N–H and O–H groups in total. The maximum atomic E-state index is 13.8. The zero-order valence-electron chi connectivity index (χ0n) is 80.6. The largest absolute Gasteiger partial charge is 0.476 e. The lowest BCUT2D eigenvalue weighted by Gasteiger charge is -2.69. The average molecular weight is 1920 g/mol. The molecule has 136 heavy (non-hydrogen) atoms. The van der Waals surface area contributed by atoms with Gasteiger partial charge in [0.05, 0.1) is 167 Å². The number of hydrogen-bond acceptors (Lipinski definition) is 29. The van der Waals surface area contributed by atoms with Crippen LogP contribution in [0, 0.1) is 29.1 Å². The van der Waals surface area contributed by atoms with Gasteiger partial charge in [-0.15, -0.1) is 0 Å². The number of aromatic nitrogens is 4. The Labute approximate surface area is 800 Å². The Hall–Kier alpha value is -10.1. The highest BCUT2D eigenvalue weighted by Crippen LogP contribution is 2.72. The number of aromatic carboxylic acids is 1. The summed E-state index contributed by atoms with van der Waals surface area (Å²) in [6.45, 7) is 30.6. The molecule has 0 saturated heterocycles. The number of nitrogens with one attached hydrogen (secondary N) is 8. The van der Waals surface area contributed by atoms with E-state index in [9.17, 15) is 48.3 Å². The predicted molar refractivity (Wildman–Crippen MR) is 507 cm³/mol. The third-order valence-electron chi connectivity index (χ3n) is 23.4. The van der Waals surface area contributed by atoms with Crippen molar-refractivity contribution in [3.8, 4) is 11.1 Å². The summed E-state index contributed by atoms with van der Waals surface area (Å²) < 4.78 is 87.0. The molecule has 1 aliphatic heterocycles. The highest BCUT2D eigenvalue weighted by atomic mass is 32.1. The van der Waals surface area contributed by atoms with Gasteiger partial charge in [-0.2, -0.15) is 5.10 Å². The third-order valence-corrected chi connectivity index (χ3v) is 24.4. The molecule has 38 nitrogen and oxygen atoms in total. The van der Waals surface area contributed by atoms with Crippen LogP contribution in [0.4, 0.5) is 31.0 Å². The van der Waals surface area contributed by atoms with Crippen molar-refractivity contribution in [3.63, 3.8) is 0 Å². The van der Waals surface area contributed by atoms with E-state index >= 15 is 0 Å². The average Bonchev–Trinajstić information content (AvgIpc) is 0.903. The number of carboxylic acid groups (broad SMARTS) is 1. The monoisotopic (exact) mass is 1920 g/mol. The fraction of sp³-hybridized carbons (Fsp3) is 0.629. The molecule has 6 aromatic rings. The van der Waals surface area contributed by atoms with Gasteiger partial charge < -0.3 is 113 Å². The molecule has 8 amide bonds. The maximum Gasteiger partial charge on any atom is 0.411 e. The minimum absolute atomic E-state index is 0.0146. The van der Waals surface area contributed by atoms with Crippen molar-refractivity contribution in [1.82, 2.24) is 51.6 Å². The number of anilines is 3. The number of benzene rings is 3. The minimum Gasteiger partial charge on any atom is -0.476 e. The number of fused-ring (bicyclic) bond motifs is 2. The van der Waals surface area contributed by atoms with Crippen LogP contribution in [0.25, 0.3) is 21.3 Å². The number of nitrogens with zero attached hydrogens (tertiary/aromatic N) is 5. The molecule has 0 radical (unpaired) electrons. The molecule has 4 aliphatic carbocycles. The number of ether oxygens (including phenoxy) is 15. The van der Waals surface area contributed by atoms with Crippen molar-refractivity contribution in [2.75, 3.05) is 194 Å². The molecule has 3 aromatic carbocycles. The normalized spacial score (nSPS) is 18.4. The summed E-state index contributed by atoms with van der Waals surface area (Å²) in [5.74, 6) is -2.92. The van der Waals surface area contributed by atoms with Crippen LogP contribution in [-0.2, 0) is 116 Å². The molecule has 4 saturated carbocycles. The standard InChI is InChI=1S/C97H141N13O25S/c1-66(2)82(87(115)101-67(3)4)107-84(112)68(5)102-86(114)78(105-92(120)135-93(7,8)9)20-14-15-29-98-81(111)58-131-52-51-129-48-47-127-44-43-125-40-39-123-36-35-121-33-34-122-37-38-124-41-42-126-45-46-128-49-50-130-53-54-132-91(119)103-72-24-22-70(23-25-72)57-133-90(118)99-30-32-134-97-62-94(10)59-95(11,63-97)61-96(60-94,64-97)65-110-69(6)75(55-100-110)73-26-27-80(106-83(73)88(116)117)109-31-28-71-17-16-18-74(76(71)56-109)85(113)108-89-104-77-19-12-13-21-79(77)136-89/h12-13,16-19,21-27,55,66-68,78,82H,14-15,20,28-54,56-65H2,1-11H3,(H,98,111)(H,99,118)(H,101,115)(H,102,114)(H,103,119)(H,105,120)(H,107,112)(H,116,117)(H,104,108,113)/t68-,78-,82-,94?,95?,96?,97?/m0/s1. The number of carboxylic acids is 1. The summed E-state index contributed by atoms with van der Waals surface area (Å²) in [6.07, 6.45) is 7.30. The number of unbranched alkanes of at least 4 members (excludes halogenated alkanes) is 1. The van der Waals surface area contributed by atoms with Gasteiger partial charge in [0.15, 0.2) is 10.8 Å². The molecule has 11 rings (SSSR count). The summed E-state index contributed by atoms with van der Waals surface area (Å²) in [4.78, 5) is 128. The number of para-hydroxylation sites is 1. The fourth-order valence-electron chi connectivity index (χ4n) is 18.5. The van der Waals surface area contributed by atoms with Gasteiger partial charge in [-0.05, 0) is 194 Å². The van der Waals surface area contributed by atoms with Crippen LogP contribution in [0.2, 0.25) is 0 Å². The van der Waals surface area contributed by atoms with Gasteiger partial charge in [-0.3, -0.25) is 39.3 Å². The topological polar surface area (TPSA) is 455 Å². The summed E-state index contributed by atoms with van der Waals surface area (Å²) >= 11 is 1.42. The van der Waals surface area contributed by atoms with Crippen LogP contribution >= 0.6 is 11.3 Å². The Morgan fingerprint density at radius 1 is 0.544 bits per heavy atom. The zero-order chi connectivity index (χ0) is 97.5. The van der Waals surface area contributed by atoms with Gasteiger partial charge >= 0.3 is 24.2 Å². The van der Waals surface area contributed by atoms with Crippen LogP contribution in [0.1, 0.15) is 170 Å². The highest BCUT2D eigenvalue weighted by Gasteiger charge is 2.66. The first-order chi connectivity index (χ1) is 65.3. The Balaban J connectivity index is 0.469. The quantitative estimate of drug-likeness (QED) is 0.0126. The van der Waals surface area contributed by atoms with Crippen LogP contribution in [0.15, 0.2) is 85.1 Å². The van der Waals surface area contributed by atoms with E-state index in [1.165, 1.54) is 18.3 Å².